The minimum Gasteiger partial charge on any atom is -0.306 e. The minimum absolute atomic E-state index is 0.0543. The van der Waals surface area contributed by atoms with E-state index < -0.39 is 11.1 Å². The summed E-state index contributed by atoms with van der Waals surface area (Å²) in [4.78, 5) is 4.36. The second-order valence-corrected chi connectivity index (χ2v) is 6.20. The summed E-state index contributed by atoms with van der Waals surface area (Å²) >= 11 is -0.440. The molecule has 1 saturated carbocycles. The highest BCUT2D eigenvalue weighted by atomic mass is 32.2. The van der Waals surface area contributed by atoms with Crippen LogP contribution in [-0.4, -0.2) is 18.1 Å². The molecule has 1 aliphatic carbocycles. The number of aromatic nitrogens is 2. The zero-order valence-electron chi connectivity index (χ0n) is 9.26. The van der Waals surface area contributed by atoms with Gasteiger partial charge in [-0.15, -0.1) is 0 Å². The van der Waals surface area contributed by atoms with Gasteiger partial charge < -0.3 is 4.55 Å². The molecule has 0 aromatic carbocycles. The predicted molar refractivity (Wildman–Crippen MR) is 64.8 cm³/mol. The van der Waals surface area contributed by atoms with Gasteiger partial charge in [0.2, 0.25) is 0 Å². The lowest BCUT2D eigenvalue weighted by Gasteiger charge is -2.24. The fourth-order valence-electron chi connectivity index (χ4n) is 2.26. The van der Waals surface area contributed by atoms with E-state index in [0.29, 0.717) is 11.7 Å². The number of nitrogens with zero attached hydrogens (tertiary/aromatic N) is 2. The third kappa shape index (κ3) is 3.09. The molecule has 3 atom stereocenters. The fourth-order valence-corrected chi connectivity index (χ4v) is 3.51. The second-order valence-electron chi connectivity index (χ2n) is 4.48. The number of hydrogen-bond acceptors (Lipinski definition) is 4. The largest absolute Gasteiger partial charge is 0.306 e. The van der Waals surface area contributed by atoms with Crippen LogP contribution in [0.3, 0.4) is 0 Å². The Balaban J connectivity index is 2.03. The molecule has 0 amide bonds. The minimum atomic E-state index is -1.83. The Hall–Kier alpha value is -0.330. The van der Waals surface area contributed by atoms with Gasteiger partial charge in [0.15, 0.2) is 16.9 Å². The lowest BCUT2D eigenvalue weighted by molar-refractivity contribution is 0.343. The van der Waals surface area contributed by atoms with Crippen LogP contribution in [0.1, 0.15) is 49.4 Å². The molecule has 0 saturated heterocycles. The first kappa shape index (κ1) is 12.1. The molecule has 0 spiro atoms. The van der Waals surface area contributed by atoms with E-state index in [-0.39, 0.29) is 5.75 Å². The van der Waals surface area contributed by atoms with Gasteiger partial charge in [-0.1, -0.05) is 19.8 Å². The van der Waals surface area contributed by atoms with Gasteiger partial charge in [0, 0.05) is 5.92 Å². The van der Waals surface area contributed by atoms with Gasteiger partial charge in [0.1, 0.15) is 10.8 Å². The SMILES string of the molecule is CC1CCCC(c2nc(CS(=O)O)ns2)C1. The average molecular weight is 260 g/mol. The van der Waals surface area contributed by atoms with Crippen molar-refractivity contribution >= 4 is 22.6 Å². The van der Waals surface area contributed by atoms with Crippen LogP contribution in [0.25, 0.3) is 0 Å². The van der Waals surface area contributed by atoms with E-state index in [4.69, 9.17) is 4.55 Å². The Morgan fingerprint density at radius 3 is 3.06 bits per heavy atom. The molecule has 1 N–H and O–H groups in total. The monoisotopic (exact) mass is 260 g/mol. The third-order valence-corrected chi connectivity index (χ3v) is 4.44. The van der Waals surface area contributed by atoms with Gasteiger partial charge in [-0.2, -0.15) is 4.37 Å². The van der Waals surface area contributed by atoms with Crippen LogP contribution in [0.15, 0.2) is 0 Å². The Kier molecular flexibility index (Phi) is 4.05. The maximum absolute atomic E-state index is 10.6. The Morgan fingerprint density at radius 1 is 1.56 bits per heavy atom. The summed E-state index contributed by atoms with van der Waals surface area (Å²) in [5.74, 6) is 1.85. The van der Waals surface area contributed by atoms with Crippen LogP contribution >= 0.6 is 11.5 Å². The summed E-state index contributed by atoms with van der Waals surface area (Å²) in [6.45, 7) is 2.27. The highest BCUT2D eigenvalue weighted by molar-refractivity contribution is 7.78. The summed E-state index contributed by atoms with van der Waals surface area (Å²) < 4.78 is 23.5. The Morgan fingerprint density at radius 2 is 2.38 bits per heavy atom. The molecule has 90 valence electrons. The number of hydrogen-bond donors (Lipinski definition) is 1. The molecule has 6 heteroatoms. The van der Waals surface area contributed by atoms with E-state index in [0.717, 1.165) is 10.9 Å². The van der Waals surface area contributed by atoms with Crippen molar-refractivity contribution in [3.05, 3.63) is 10.8 Å². The molecule has 1 heterocycles. The van der Waals surface area contributed by atoms with E-state index in [1.54, 1.807) is 0 Å². The van der Waals surface area contributed by atoms with Crippen molar-refractivity contribution in [2.45, 2.75) is 44.3 Å². The van der Waals surface area contributed by atoms with Crippen LogP contribution in [0.2, 0.25) is 0 Å². The molecule has 0 aliphatic heterocycles. The van der Waals surface area contributed by atoms with Gasteiger partial charge in [0.25, 0.3) is 0 Å². The van der Waals surface area contributed by atoms with Gasteiger partial charge >= 0.3 is 0 Å². The molecule has 1 fully saturated rings. The molecule has 4 nitrogen and oxygen atoms in total. The molecule has 0 bridgehead atoms. The van der Waals surface area contributed by atoms with Gasteiger partial charge in [-0.3, -0.25) is 0 Å². The molecule has 1 aromatic heterocycles. The molecule has 16 heavy (non-hydrogen) atoms. The smallest absolute Gasteiger partial charge is 0.160 e. The second kappa shape index (κ2) is 5.33. The highest BCUT2D eigenvalue weighted by Gasteiger charge is 2.23. The van der Waals surface area contributed by atoms with Crippen molar-refractivity contribution in [2.24, 2.45) is 5.92 Å². The van der Waals surface area contributed by atoms with Gasteiger partial charge in [0.05, 0.1) is 0 Å². The van der Waals surface area contributed by atoms with Gasteiger partial charge in [-0.25, -0.2) is 9.19 Å². The van der Waals surface area contributed by atoms with Crippen LogP contribution in [0.5, 0.6) is 0 Å². The Bertz CT molecular complexity index is 381. The van der Waals surface area contributed by atoms with E-state index in [1.807, 2.05) is 0 Å². The first-order valence-corrected chi connectivity index (χ1v) is 7.60. The zero-order chi connectivity index (χ0) is 11.5. The summed E-state index contributed by atoms with van der Waals surface area (Å²) in [6, 6.07) is 0. The summed E-state index contributed by atoms with van der Waals surface area (Å²) in [6.07, 6.45) is 4.92. The maximum atomic E-state index is 10.6. The summed E-state index contributed by atoms with van der Waals surface area (Å²) in [7, 11) is 0. The lowest BCUT2D eigenvalue weighted by atomic mass is 9.83. The molecule has 3 unspecified atom stereocenters. The van der Waals surface area contributed by atoms with E-state index in [2.05, 4.69) is 16.3 Å². The first-order chi connectivity index (χ1) is 7.65. The summed E-state index contributed by atoms with van der Waals surface area (Å²) in [5, 5.41) is 1.05. The van der Waals surface area contributed by atoms with Crippen molar-refractivity contribution < 1.29 is 8.76 Å². The molecule has 1 aromatic rings. The highest BCUT2D eigenvalue weighted by Crippen LogP contribution is 2.36. The lowest BCUT2D eigenvalue weighted by Crippen LogP contribution is -2.11. The fraction of sp³-hybridized carbons (Fsp3) is 0.800. The predicted octanol–water partition coefficient (Wildman–Crippen LogP) is 2.55. The third-order valence-electron chi connectivity index (χ3n) is 3.02. The molecule has 2 rings (SSSR count). The van der Waals surface area contributed by atoms with Crippen molar-refractivity contribution in [3.8, 4) is 0 Å². The Labute approximate surface area is 102 Å². The maximum Gasteiger partial charge on any atom is 0.160 e. The van der Waals surface area contributed by atoms with Crippen molar-refractivity contribution in [1.82, 2.24) is 9.36 Å². The van der Waals surface area contributed by atoms with Crippen LogP contribution < -0.4 is 0 Å². The van der Waals surface area contributed by atoms with E-state index in [1.165, 1.54) is 37.2 Å². The standard InChI is InChI=1S/C10H16N2O2S2/c1-7-3-2-4-8(5-7)10-11-9(12-15-10)6-16(13)14/h7-8H,2-6H2,1H3,(H,13,14). The summed E-state index contributed by atoms with van der Waals surface area (Å²) in [5.41, 5.74) is 0. The molecular weight excluding hydrogens is 244 g/mol. The van der Waals surface area contributed by atoms with Crippen LogP contribution in [0.4, 0.5) is 0 Å². The van der Waals surface area contributed by atoms with Crippen molar-refractivity contribution in [2.75, 3.05) is 0 Å². The number of rotatable bonds is 3. The zero-order valence-corrected chi connectivity index (χ0v) is 10.9. The van der Waals surface area contributed by atoms with E-state index >= 15 is 0 Å². The average Bonchev–Trinajstić information content (AvgIpc) is 2.65. The molecule has 0 radical (unpaired) electrons. The van der Waals surface area contributed by atoms with Crippen LogP contribution in [0, 0.1) is 5.92 Å². The first-order valence-electron chi connectivity index (χ1n) is 5.55. The topological polar surface area (TPSA) is 63.1 Å². The van der Waals surface area contributed by atoms with Gasteiger partial charge in [-0.05, 0) is 30.3 Å². The van der Waals surface area contributed by atoms with E-state index in [9.17, 15) is 4.21 Å². The quantitative estimate of drug-likeness (QED) is 0.848. The molecular formula is C10H16N2O2S2. The van der Waals surface area contributed by atoms with Crippen molar-refractivity contribution in [3.63, 3.8) is 0 Å². The normalized spacial score (nSPS) is 27.9. The van der Waals surface area contributed by atoms with Crippen LogP contribution in [-0.2, 0) is 16.8 Å². The molecule has 1 aliphatic rings. The van der Waals surface area contributed by atoms with Crippen molar-refractivity contribution in [1.29, 1.82) is 0 Å².